The molecule has 4 aromatic rings. The molecule has 150 valence electrons. The van der Waals surface area contributed by atoms with E-state index in [1.165, 1.54) is 0 Å². The molecule has 0 aliphatic rings. The Kier molecular flexibility index (Phi) is 5.66. The highest BCUT2D eigenvalue weighted by molar-refractivity contribution is 5.94. The molecular formula is C24H22N4O2. The number of carbonyl (C=O) groups excluding carboxylic acids is 1. The lowest BCUT2D eigenvalue weighted by Crippen LogP contribution is -2.24. The van der Waals surface area contributed by atoms with Gasteiger partial charge in [-0.3, -0.25) is 14.6 Å². The SMILES string of the molecule is CCCn1c(=O)c(-c2ccc(C(=O)NCc3cccnc3)cc2)nc2ccccc21. The summed E-state index contributed by atoms with van der Waals surface area (Å²) in [4.78, 5) is 34.1. The molecule has 0 fully saturated rings. The van der Waals surface area contributed by atoms with Crippen LogP contribution in [0, 0.1) is 0 Å². The highest BCUT2D eigenvalue weighted by atomic mass is 16.1. The van der Waals surface area contributed by atoms with Gasteiger partial charge < -0.3 is 9.88 Å². The lowest BCUT2D eigenvalue weighted by atomic mass is 10.1. The van der Waals surface area contributed by atoms with Crippen LogP contribution in [0.4, 0.5) is 0 Å². The molecular weight excluding hydrogens is 376 g/mol. The second kappa shape index (κ2) is 8.69. The number of hydrogen-bond donors (Lipinski definition) is 1. The van der Waals surface area contributed by atoms with Crippen LogP contribution < -0.4 is 10.9 Å². The number of fused-ring (bicyclic) bond motifs is 1. The van der Waals surface area contributed by atoms with Gasteiger partial charge in [-0.15, -0.1) is 0 Å². The summed E-state index contributed by atoms with van der Waals surface area (Å²) in [7, 11) is 0. The number of pyridine rings is 1. The Balaban J connectivity index is 1.61. The Morgan fingerprint density at radius 1 is 1.03 bits per heavy atom. The Morgan fingerprint density at radius 2 is 1.83 bits per heavy atom. The van der Waals surface area contributed by atoms with Gasteiger partial charge in [0.25, 0.3) is 11.5 Å². The van der Waals surface area contributed by atoms with Gasteiger partial charge in [0, 0.05) is 36.6 Å². The normalized spacial score (nSPS) is 10.8. The summed E-state index contributed by atoms with van der Waals surface area (Å²) < 4.78 is 1.77. The van der Waals surface area contributed by atoms with Crippen molar-refractivity contribution in [3.63, 3.8) is 0 Å². The second-order valence-electron chi connectivity index (χ2n) is 7.03. The molecule has 6 heteroatoms. The fourth-order valence-electron chi connectivity index (χ4n) is 3.39. The topological polar surface area (TPSA) is 76.9 Å². The lowest BCUT2D eigenvalue weighted by molar-refractivity contribution is 0.0951. The quantitative estimate of drug-likeness (QED) is 0.536. The first-order valence-electron chi connectivity index (χ1n) is 9.94. The zero-order chi connectivity index (χ0) is 20.9. The molecule has 4 rings (SSSR count). The van der Waals surface area contributed by atoms with Crippen molar-refractivity contribution in [2.45, 2.75) is 26.4 Å². The van der Waals surface area contributed by atoms with Crippen LogP contribution in [-0.2, 0) is 13.1 Å². The van der Waals surface area contributed by atoms with Gasteiger partial charge in [0.15, 0.2) is 0 Å². The Morgan fingerprint density at radius 3 is 2.57 bits per heavy atom. The second-order valence-corrected chi connectivity index (χ2v) is 7.03. The average molecular weight is 398 g/mol. The van der Waals surface area contributed by atoms with Gasteiger partial charge in [0.2, 0.25) is 0 Å². The minimum Gasteiger partial charge on any atom is -0.348 e. The zero-order valence-corrected chi connectivity index (χ0v) is 16.7. The molecule has 0 aliphatic heterocycles. The number of nitrogens with one attached hydrogen (secondary N) is 1. The van der Waals surface area contributed by atoms with E-state index in [0.29, 0.717) is 29.9 Å². The molecule has 6 nitrogen and oxygen atoms in total. The number of nitrogens with zero attached hydrogens (tertiary/aromatic N) is 3. The first kappa shape index (κ1) is 19.5. The smallest absolute Gasteiger partial charge is 0.277 e. The Hall–Kier alpha value is -3.80. The van der Waals surface area contributed by atoms with E-state index in [4.69, 9.17) is 0 Å². The van der Waals surface area contributed by atoms with Crippen molar-refractivity contribution in [2.75, 3.05) is 0 Å². The number of amides is 1. The van der Waals surface area contributed by atoms with E-state index >= 15 is 0 Å². The predicted octanol–water partition coefficient (Wildman–Crippen LogP) is 3.80. The van der Waals surface area contributed by atoms with Crippen LogP contribution >= 0.6 is 0 Å². The Labute approximate surface area is 174 Å². The van der Waals surface area contributed by atoms with Crippen molar-refractivity contribution in [1.82, 2.24) is 19.9 Å². The van der Waals surface area contributed by atoms with Gasteiger partial charge in [0.05, 0.1) is 11.0 Å². The van der Waals surface area contributed by atoms with Gasteiger partial charge in [-0.25, -0.2) is 4.98 Å². The molecule has 30 heavy (non-hydrogen) atoms. The molecule has 0 aliphatic carbocycles. The number of aryl methyl sites for hydroxylation is 1. The van der Waals surface area contributed by atoms with Gasteiger partial charge in [0.1, 0.15) is 5.69 Å². The summed E-state index contributed by atoms with van der Waals surface area (Å²) in [6, 6.07) is 18.4. The molecule has 1 amide bonds. The van der Waals surface area contributed by atoms with E-state index in [2.05, 4.69) is 15.3 Å². The van der Waals surface area contributed by atoms with Crippen molar-refractivity contribution in [2.24, 2.45) is 0 Å². The van der Waals surface area contributed by atoms with Crippen molar-refractivity contribution >= 4 is 16.9 Å². The molecule has 0 bridgehead atoms. The number of benzene rings is 2. The van der Waals surface area contributed by atoms with Crippen LogP contribution in [0.15, 0.2) is 77.9 Å². The minimum absolute atomic E-state index is 0.121. The lowest BCUT2D eigenvalue weighted by Gasteiger charge is -2.12. The number of carbonyl (C=O) groups is 1. The minimum atomic E-state index is -0.180. The van der Waals surface area contributed by atoms with Gasteiger partial charge in [-0.05, 0) is 42.3 Å². The number of para-hydroxylation sites is 2. The summed E-state index contributed by atoms with van der Waals surface area (Å²) >= 11 is 0. The van der Waals surface area contributed by atoms with Gasteiger partial charge in [-0.2, -0.15) is 0 Å². The van der Waals surface area contributed by atoms with E-state index in [0.717, 1.165) is 23.0 Å². The molecule has 0 unspecified atom stereocenters. The largest absolute Gasteiger partial charge is 0.348 e. The molecule has 0 atom stereocenters. The van der Waals surface area contributed by atoms with E-state index in [-0.39, 0.29) is 11.5 Å². The van der Waals surface area contributed by atoms with E-state index in [1.807, 2.05) is 43.3 Å². The molecule has 1 N–H and O–H groups in total. The third-order valence-corrected chi connectivity index (χ3v) is 4.90. The summed E-state index contributed by atoms with van der Waals surface area (Å²) in [5, 5.41) is 2.88. The summed E-state index contributed by atoms with van der Waals surface area (Å²) in [5.41, 5.74) is 4.03. The maximum Gasteiger partial charge on any atom is 0.277 e. The van der Waals surface area contributed by atoms with Gasteiger partial charge >= 0.3 is 0 Å². The Bertz CT molecular complexity index is 1230. The molecule has 0 spiro atoms. The summed E-state index contributed by atoms with van der Waals surface area (Å²) in [6.45, 7) is 3.08. The molecule has 2 aromatic carbocycles. The van der Waals surface area contributed by atoms with Crippen LogP contribution in [0.2, 0.25) is 0 Å². The van der Waals surface area contributed by atoms with Crippen molar-refractivity contribution in [3.05, 3.63) is 94.5 Å². The fraction of sp³-hybridized carbons (Fsp3) is 0.167. The number of hydrogen-bond acceptors (Lipinski definition) is 4. The standard InChI is InChI=1S/C24H22N4O2/c1-2-14-28-21-8-4-3-7-20(21)27-22(24(28)30)18-9-11-19(12-10-18)23(29)26-16-17-6-5-13-25-15-17/h3-13,15H,2,14,16H2,1H3,(H,26,29). The van der Waals surface area contributed by atoms with Crippen molar-refractivity contribution in [1.29, 1.82) is 0 Å². The molecule has 0 radical (unpaired) electrons. The van der Waals surface area contributed by atoms with Crippen molar-refractivity contribution in [3.8, 4) is 11.3 Å². The maximum atomic E-state index is 13.1. The summed E-state index contributed by atoms with van der Waals surface area (Å²) in [6.07, 6.45) is 4.26. The molecule has 2 heterocycles. The monoisotopic (exact) mass is 398 g/mol. The van der Waals surface area contributed by atoms with Crippen LogP contribution in [0.5, 0.6) is 0 Å². The number of aromatic nitrogens is 3. The van der Waals surface area contributed by atoms with E-state index < -0.39 is 0 Å². The first-order chi connectivity index (χ1) is 14.7. The summed E-state index contributed by atoms with van der Waals surface area (Å²) in [5.74, 6) is -0.180. The predicted molar refractivity (Wildman–Crippen MR) is 117 cm³/mol. The van der Waals surface area contributed by atoms with Crippen LogP contribution in [0.1, 0.15) is 29.3 Å². The van der Waals surface area contributed by atoms with Gasteiger partial charge in [-0.1, -0.05) is 37.3 Å². The van der Waals surface area contributed by atoms with Crippen LogP contribution in [0.3, 0.4) is 0 Å². The molecule has 2 aromatic heterocycles. The van der Waals surface area contributed by atoms with Crippen LogP contribution in [0.25, 0.3) is 22.3 Å². The average Bonchev–Trinajstić information content (AvgIpc) is 2.80. The number of rotatable bonds is 6. The molecule has 0 saturated carbocycles. The third kappa shape index (κ3) is 3.98. The first-order valence-corrected chi connectivity index (χ1v) is 9.94. The van der Waals surface area contributed by atoms with Crippen molar-refractivity contribution < 1.29 is 4.79 Å². The maximum absolute atomic E-state index is 13.1. The third-order valence-electron chi connectivity index (χ3n) is 4.90. The highest BCUT2D eigenvalue weighted by Crippen LogP contribution is 2.19. The van der Waals surface area contributed by atoms with E-state index in [9.17, 15) is 9.59 Å². The molecule has 0 saturated heterocycles. The fourth-order valence-corrected chi connectivity index (χ4v) is 3.39. The van der Waals surface area contributed by atoms with E-state index in [1.54, 1.807) is 41.2 Å². The van der Waals surface area contributed by atoms with Crippen LogP contribution in [-0.4, -0.2) is 20.4 Å². The highest BCUT2D eigenvalue weighted by Gasteiger charge is 2.13. The zero-order valence-electron chi connectivity index (χ0n) is 16.7.